The van der Waals surface area contributed by atoms with E-state index in [1.165, 1.54) is 16.3 Å². The number of hydrazone groups is 1. The van der Waals surface area contributed by atoms with Gasteiger partial charge in [0.05, 0.1) is 0 Å². The van der Waals surface area contributed by atoms with Gasteiger partial charge >= 0.3 is 0 Å². The van der Waals surface area contributed by atoms with Crippen LogP contribution in [0.15, 0.2) is 77.9 Å². The van der Waals surface area contributed by atoms with Crippen LogP contribution in [0.2, 0.25) is 0 Å². The Kier molecular flexibility index (Phi) is 5.69. The third-order valence-corrected chi connectivity index (χ3v) is 6.01. The number of fused-ring (bicyclic) bond motifs is 3. The fourth-order valence-electron chi connectivity index (χ4n) is 4.48. The summed E-state index contributed by atoms with van der Waals surface area (Å²) in [7, 11) is 0. The molecule has 0 unspecified atom stereocenters. The van der Waals surface area contributed by atoms with Crippen LogP contribution in [-0.4, -0.2) is 32.6 Å². The standard InChI is InChI=1S/C14H9N3.C12H6O2.C2H7N3/c1-8-15-13-10-6-2-4-9-5-3-7-11(12(9)10)14(13)17-16-8;13-11-8-5-1-3-7-4-2-6-9(10(7)8)12(11)14;1-2(3)5-4/h2-7H,1H3;1-6H;4H2,1H3,(H2,3,5). The van der Waals surface area contributed by atoms with Gasteiger partial charge in [-0.1, -0.05) is 72.8 Å². The summed E-state index contributed by atoms with van der Waals surface area (Å²) in [5.41, 5.74) is 10.2. The number of benzene rings is 4. The van der Waals surface area contributed by atoms with Crippen LogP contribution < -0.4 is 11.6 Å². The second-order valence-corrected chi connectivity index (χ2v) is 8.40. The van der Waals surface area contributed by atoms with Crippen molar-refractivity contribution < 1.29 is 9.59 Å². The first-order valence-electron chi connectivity index (χ1n) is 11.2. The third kappa shape index (κ3) is 3.74. The molecular weight excluding hydrogens is 452 g/mol. The van der Waals surface area contributed by atoms with Gasteiger partial charge in [-0.3, -0.25) is 9.59 Å². The van der Waals surface area contributed by atoms with Gasteiger partial charge in [-0.05, 0) is 24.6 Å². The number of carbonyl (C=O) groups excluding carboxylic acids is 2. The van der Waals surface area contributed by atoms with Crippen molar-refractivity contribution in [3.8, 4) is 22.5 Å². The van der Waals surface area contributed by atoms with E-state index in [9.17, 15) is 9.59 Å². The number of aryl methyl sites for hydroxylation is 1. The Hall–Kier alpha value is -4.98. The van der Waals surface area contributed by atoms with E-state index in [0.29, 0.717) is 22.8 Å². The van der Waals surface area contributed by atoms with Gasteiger partial charge < -0.3 is 11.6 Å². The largest absolute Gasteiger partial charge is 0.386 e. The van der Waals surface area contributed by atoms with Crippen LogP contribution in [-0.2, 0) is 0 Å². The average Bonchev–Trinajstić information content (AvgIpc) is 3.35. The molecule has 4 aromatic carbocycles. The van der Waals surface area contributed by atoms with Crippen LogP contribution in [0.5, 0.6) is 0 Å². The van der Waals surface area contributed by atoms with E-state index in [2.05, 4.69) is 62.5 Å². The van der Waals surface area contributed by atoms with E-state index in [1.807, 2.05) is 19.1 Å². The number of hydrogen-bond donors (Lipinski definition) is 2. The fraction of sp³-hybridized carbons (Fsp3) is 0.0714. The molecule has 0 atom stereocenters. The Bertz CT molecular complexity index is 1670. The molecule has 1 heterocycles. The molecule has 0 saturated carbocycles. The molecule has 8 heteroatoms. The lowest BCUT2D eigenvalue weighted by molar-refractivity contribution is 0.0825. The Morgan fingerprint density at radius 3 is 1.58 bits per heavy atom. The van der Waals surface area contributed by atoms with E-state index in [4.69, 9.17) is 5.73 Å². The molecule has 1 aromatic heterocycles. The summed E-state index contributed by atoms with van der Waals surface area (Å²) in [6.45, 7) is 3.50. The molecule has 2 aliphatic carbocycles. The Morgan fingerprint density at radius 1 is 0.694 bits per heavy atom. The molecular formula is C28H22N6O2. The van der Waals surface area contributed by atoms with E-state index in [0.717, 1.165) is 27.7 Å². The van der Waals surface area contributed by atoms with Gasteiger partial charge in [0.2, 0.25) is 11.6 Å². The highest BCUT2D eigenvalue weighted by Gasteiger charge is 2.29. The molecule has 0 saturated heterocycles. The molecule has 4 N–H and O–H groups in total. The molecule has 36 heavy (non-hydrogen) atoms. The number of rotatable bonds is 0. The number of aromatic nitrogens is 3. The molecule has 0 fully saturated rings. The third-order valence-electron chi connectivity index (χ3n) is 6.01. The monoisotopic (exact) mass is 474 g/mol. The number of nitrogens with zero attached hydrogens (tertiary/aromatic N) is 4. The molecule has 0 spiro atoms. The summed E-state index contributed by atoms with van der Waals surface area (Å²) in [5.74, 6) is 5.00. The van der Waals surface area contributed by atoms with Gasteiger partial charge in [0.25, 0.3) is 0 Å². The maximum Gasteiger partial charge on any atom is 0.234 e. The van der Waals surface area contributed by atoms with Crippen LogP contribution >= 0.6 is 0 Å². The average molecular weight is 475 g/mol. The van der Waals surface area contributed by atoms with Crippen LogP contribution in [0.1, 0.15) is 33.5 Å². The maximum atomic E-state index is 11.5. The first-order chi connectivity index (χ1) is 17.4. The van der Waals surface area contributed by atoms with Crippen LogP contribution in [0, 0.1) is 6.92 Å². The van der Waals surface area contributed by atoms with Crippen molar-refractivity contribution in [3.05, 3.63) is 89.7 Å². The van der Waals surface area contributed by atoms with E-state index >= 15 is 0 Å². The normalized spacial score (nSPS) is 12.7. The van der Waals surface area contributed by atoms with Gasteiger partial charge in [-0.25, -0.2) is 4.98 Å². The van der Waals surface area contributed by atoms with Crippen LogP contribution in [0.3, 0.4) is 0 Å². The van der Waals surface area contributed by atoms with Crippen molar-refractivity contribution in [3.63, 3.8) is 0 Å². The molecule has 0 amide bonds. The molecule has 2 aliphatic rings. The van der Waals surface area contributed by atoms with Gasteiger partial charge in [-0.2, -0.15) is 5.10 Å². The van der Waals surface area contributed by atoms with Crippen LogP contribution in [0.4, 0.5) is 0 Å². The molecule has 0 aliphatic heterocycles. The second kappa shape index (κ2) is 8.99. The van der Waals surface area contributed by atoms with Crippen LogP contribution in [0.25, 0.3) is 44.1 Å². The topological polar surface area (TPSA) is 137 Å². The van der Waals surface area contributed by atoms with Gasteiger partial charge in [0.1, 0.15) is 23.0 Å². The molecule has 176 valence electrons. The van der Waals surface area contributed by atoms with Crippen molar-refractivity contribution in [2.24, 2.45) is 16.7 Å². The minimum absolute atomic E-state index is 0.378. The number of hydrogen-bond acceptors (Lipinski definition) is 7. The van der Waals surface area contributed by atoms with Crippen molar-refractivity contribution >= 4 is 38.9 Å². The van der Waals surface area contributed by atoms with Gasteiger partial charge in [-0.15, -0.1) is 10.2 Å². The highest BCUT2D eigenvalue weighted by molar-refractivity contribution is 6.57. The number of Topliss-reactive ketones (excluding diaryl/α,β-unsaturated/α-hetero) is 2. The van der Waals surface area contributed by atoms with E-state index < -0.39 is 0 Å². The number of ketones is 2. The lowest BCUT2D eigenvalue weighted by Gasteiger charge is -1.99. The van der Waals surface area contributed by atoms with Crippen molar-refractivity contribution in [2.75, 3.05) is 0 Å². The molecule has 5 aromatic rings. The van der Waals surface area contributed by atoms with E-state index in [-0.39, 0.29) is 11.6 Å². The smallest absolute Gasteiger partial charge is 0.234 e. The Morgan fingerprint density at radius 2 is 1.11 bits per heavy atom. The molecule has 8 nitrogen and oxygen atoms in total. The lowest BCUT2D eigenvalue weighted by atomic mass is 10.0. The summed E-state index contributed by atoms with van der Waals surface area (Å²) in [6.07, 6.45) is 0. The summed E-state index contributed by atoms with van der Waals surface area (Å²) in [4.78, 5) is 27.6. The summed E-state index contributed by atoms with van der Waals surface area (Å²) in [6, 6.07) is 23.4. The second-order valence-electron chi connectivity index (χ2n) is 8.40. The Balaban J connectivity index is 0.000000127. The summed E-state index contributed by atoms with van der Waals surface area (Å²) in [5, 5.41) is 15.7. The highest BCUT2D eigenvalue weighted by Crippen LogP contribution is 2.44. The lowest BCUT2D eigenvalue weighted by Crippen LogP contribution is -2.07. The minimum atomic E-state index is -0.378. The Labute approximate surface area is 206 Å². The fourth-order valence-corrected chi connectivity index (χ4v) is 4.48. The minimum Gasteiger partial charge on any atom is -0.386 e. The van der Waals surface area contributed by atoms with E-state index in [1.54, 1.807) is 31.2 Å². The number of nitrogens with two attached hydrogens (primary N) is 2. The number of carbonyl (C=O) groups is 2. The predicted octanol–water partition coefficient (Wildman–Crippen LogP) is 4.44. The zero-order chi connectivity index (χ0) is 25.4. The van der Waals surface area contributed by atoms with Gasteiger partial charge in [0, 0.05) is 33.0 Å². The van der Waals surface area contributed by atoms with Crippen molar-refractivity contribution in [2.45, 2.75) is 13.8 Å². The SMILES string of the molecule is C/C(N)=N/N.Cc1nnc2c(n1)-c1cccc3cccc-2c13.O=C1C(=O)c2cccc3cccc1c23. The maximum absolute atomic E-state index is 11.5. The predicted molar refractivity (Wildman–Crippen MR) is 141 cm³/mol. The first-order valence-corrected chi connectivity index (χ1v) is 11.2. The van der Waals surface area contributed by atoms with Crippen molar-refractivity contribution in [1.82, 2.24) is 15.2 Å². The zero-order valence-corrected chi connectivity index (χ0v) is 19.7. The first kappa shape index (κ1) is 22.8. The quantitative estimate of drug-likeness (QED) is 0.109. The molecule has 0 radical (unpaired) electrons. The van der Waals surface area contributed by atoms with Gasteiger partial charge in [0.15, 0.2) is 0 Å². The zero-order valence-electron chi connectivity index (χ0n) is 19.7. The molecule has 0 bridgehead atoms. The number of amidine groups is 1. The van der Waals surface area contributed by atoms with Crippen molar-refractivity contribution in [1.29, 1.82) is 0 Å². The summed E-state index contributed by atoms with van der Waals surface area (Å²) >= 11 is 0. The highest BCUT2D eigenvalue weighted by atomic mass is 16.2. The molecule has 7 rings (SSSR count). The summed E-state index contributed by atoms with van der Waals surface area (Å²) < 4.78 is 0.